The SMILES string of the molecule is [C]#Cc1cncc(Cl)c1. The third-order valence-corrected chi connectivity index (χ3v) is 1.06. The molecule has 1 radical (unpaired) electrons. The van der Waals surface area contributed by atoms with Crippen LogP contribution in [-0.4, -0.2) is 4.98 Å². The van der Waals surface area contributed by atoms with Crippen LogP contribution in [0.4, 0.5) is 0 Å². The van der Waals surface area contributed by atoms with E-state index in [1.54, 1.807) is 6.07 Å². The van der Waals surface area contributed by atoms with E-state index in [-0.39, 0.29) is 0 Å². The summed E-state index contributed by atoms with van der Waals surface area (Å²) in [5.74, 6) is 2.17. The van der Waals surface area contributed by atoms with Gasteiger partial charge in [-0.2, -0.15) is 0 Å². The minimum absolute atomic E-state index is 0.534. The summed E-state index contributed by atoms with van der Waals surface area (Å²) in [6, 6.07) is 1.63. The lowest BCUT2D eigenvalue weighted by molar-refractivity contribution is 1.31. The van der Waals surface area contributed by atoms with E-state index < -0.39 is 0 Å². The second-order valence-electron chi connectivity index (χ2n) is 1.52. The summed E-state index contributed by atoms with van der Waals surface area (Å²) < 4.78 is 0. The van der Waals surface area contributed by atoms with Crippen molar-refractivity contribution >= 4 is 11.6 Å². The molecule has 0 aromatic carbocycles. The summed E-state index contributed by atoms with van der Waals surface area (Å²) in [6.45, 7) is 0. The Balaban J connectivity index is 3.12. The van der Waals surface area contributed by atoms with E-state index >= 15 is 0 Å². The van der Waals surface area contributed by atoms with Crippen molar-refractivity contribution in [3.05, 3.63) is 35.5 Å². The summed E-state index contributed by atoms with van der Waals surface area (Å²) in [7, 11) is 0. The van der Waals surface area contributed by atoms with Crippen molar-refractivity contribution in [2.45, 2.75) is 0 Å². The fourth-order valence-electron chi connectivity index (χ4n) is 0.480. The highest BCUT2D eigenvalue weighted by molar-refractivity contribution is 6.30. The molecule has 0 fully saturated rings. The molecule has 1 aromatic rings. The maximum atomic E-state index is 6.69. The van der Waals surface area contributed by atoms with Crippen molar-refractivity contribution in [3.63, 3.8) is 0 Å². The standard InChI is InChI=1S/C7H3ClN/c1-2-6-3-7(8)5-9-4-6/h3-5H. The van der Waals surface area contributed by atoms with Gasteiger partial charge in [0, 0.05) is 18.0 Å². The van der Waals surface area contributed by atoms with E-state index in [9.17, 15) is 0 Å². The molecule has 0 aliphatic heterocycles. The Labute approximate surface area is 58.7 Å². The van der Waals surface area contributed by atoms with Crippen molar-refractivity contribution in [2.24, 2.45) is 0 Å². The van der Waals surface area contributed by atoms with Gasteiger partial charge >= 0.3 is 0 Å². The summed E-state index contributed by atoms with van der Waals surface area (Å²) in [6.07, 6.45) is 9.73. The highest BCUT2D eigenvalue weighted by Crippen LogP contribution is 2.06. The third kappa shape index (κ3) is 1.45. The number of rotatable bonds is 0. The predicted octanol–water partition coefficient (Wildman–Crippen LogP) is 1.67. The first-order valence-electron chi connectivity index (χ1n) is 2.36. The smallest absolute Gasteiger partial charge is 0.0601 e. The average Bonchev–Trinajstić information content (AvgIpc) is 1.88. The van der Waals surface area contributed by atoms with Gasteiger partial charge in [-0.05, 0) is 12.5 Å². The zero-order valence-electron chi connectivity index (χ0n) is 4.56. The van der Waals surface area contributed by atoms with Gasteiger partial charge in [0.05, 0.1) is 5.02 Å². The molecule has 9 heavy (non-hydrogen) atoms. The molecule has 0 saturated heterocycles. The topological polar surface area (TPSA) is 12.9 Å². The van der Waals surface area contributed by atoms with Crippen LogP contribution in [0.1, 0.15) is 5.56 Å². The number of hydrogen-bond donors (Lipinski definition) is 0. The van der Waals surface area contributed by atoms with Gasteiger partial charge in [0.2, 0.25) is 0 Å². The fourth-order valence-corrected chi connectivity index (χ4v) is 0.654. The number of pyridine rings is 1. The molecule has 1 aromatic heterocycles. The largest absolute Gasteiger partial charge is 0.262 e. The molecule has 1 rings (SSSR count). The Kier molecular flexibility index (Phi) is 1.72. The van der Waals surface area contributed by atoms with Crippen LogP contribution in [0.2, 0.25) is 5.02 Å². The second-order valence-corrected chi connectivity index (χ2v) is 1.95. The minimum Gasteiger partial charge on any atom is -0.262 e. The molecule has 0 saturated carbocycles. The van der Waals surface area contributed by atoms with Gasteiger partial charge in [0.25, 0.3) is 0 Å². The van der Waals surface area contributed by atoms with Gasteiger partial charge in [-0.1, -0.05) is 17.5 Å². The maximum absolute atomic E-state index is 6.69. The quantitative estimate of drug-likeness (QED) is 0.495. The van der Waals surface area contributed by atoms with E-state index in [0.29, 0.717) is 10.6 Å². The first-order valence-corrected chi connectivity index (χ1v) is 2.74. The number of halogens is 1. The molecule has 0 spiro atoms. The van der Waals surface area contributed by atoms with Crippen LogP contribution in [0.5, 0.6) is 0 Å². The molecule has 0 aliphatic carbocycles. The zero-order valence-corrected chi connectivity index (χ0v) is 5.31. The summed E-state index contributed by atoms with van der Waals surface area (Å²) in [5.41, 5.74) is 0.600. The Bertz CT molecular complexity index is 249. The third-order valence-electron chi connectivity index (χ3n) is 0.849. The lowest BCUT2D eigenvalue weighted by Crippen LogP contribution is -1.75. The van der Waals surface area contributed by atoms with Gasteiger partial charge in [0.15, 0.2) is 0 Å². The first-order chi connectivity index (χ1) is 4.33. The molecule has 2 heteroatoms. The molecule has 0 bridgehead atoms. The number of nitrogens with zero attached hydrogens (tertiary/aromatic N) is 1. The molecule has 0 aliphatic rings. The molecule has 0 N–H and O–H groups in total. The Morgan fingerprint density at radius 1 is 1.56 bits per heavy atom. The predicted molar refractivity (Wildman–Crippen MR) is 35.5 cm³/mol. The first kappa shape index (κ1) is 6.12. The van der Waals surface area contributed by atoms with Gasteiger partial charge in [-0.25, -0.2) is 0 Å². The van der Waals surface area contributed by atoms with E-state index in [1.807, 2.05) is 0 Å². The van der Waals surface area contributed by atoms with E-state index in [2.05, 4.69) is 10.9 Å². The molecular weight excluding hydrogens is 134 g/mol. The molecule has 43 valence electrons. The fraction of sp³-hybridized carbons (Fsp3) is 0. The van der Waals surface area contributed by atoms with Crippen LogP contribution in [-0.2, 0) is 0 Å². The highest BCUT2D eigenvalue weighted by Gasteiger charge is 1.87. The Hall–Kier alpha value is -1.00. The van der Waals surface area contributed by atoms with Crippen LogP contribution in [0.25, 0.3) is 0 Å². The summed E-state index contributed by atoms with van der Waals surface area (Å²) in [5, 5.41) is 0.534. The average molecular weight is 137 g/mol. The van der Waals surface area contributed by atoms with Crippen molar-refractivity contribution in [1.29, 1.82) is 0 Å². The van der Waals surface area contributed by atoms with Crippen molar-refractivity contribution in [3.8, 4) is 5.92 Å². The second kappa shape index (κ2) is 2.52. The van der Waals surface area contributed by atoms with Gasteiger partial charge in [0.1, 0.15) is 0 Å². The van der Waals surface area contributed by atoms with E-state index in [0.717, 1.165) is 0 Å². The molecule has 1 heterocycles. The van der Waals surface area contributed by atoms with Crippen LogP contribution in [0.3, 0.4) is 0 Å². The molecule has 0 amide bonds. The normalized spacial score (nSPS) is 8.44. The van der Waals surface area contributed by atoms with Crippen LogP contribution in [0.15, 0.2) is 18.5 Å². The summed E-state index contributed by atoms with van der Waals surface area (Å²) >= 11 is 5.54. The maximum Gasteiger partial charge on any atom is 0.0601 e. The lowest BCUT2D eigenvalue weighted by atomic mass is 10.3. The zero-order chi connectivity index (χ0) is 6.69. The molecule has 0 unspecified atom stereocenters. The number of aromatic nitrogens is 1. The van der Waals surface area contributed by atoms with Gasteiger partial charge < -0.3 is 0 Å². The minimum atomic E-state index is 0.534. The van der Waals surface area contributed by atoms with Crippen molar-refractivity contribution in [2.75, 3.05) is 0 Å². The lowest BCUT2D eigenvalue weighted by Gasteiger charge is -1.87. The molecule has 0 atom stereocenters. The van der Waals surface area contributed by atoms with Crippen molar-refractivity contribution < 1.29 is 0 Å². The van der Waals surface area contributed by atoms with Gasteiger partial charge in [-0.15, -0.1) is 0 Å². The number of hydrogen-bond acceptors (Lipinski definition) is 1. The monoisotopic (exact) mass is 136 g/mol. The van der Waals surface area contributed by atoms with E-state index in [1.165, 1.54) is 12.4 Å². The summed E-state index contributed by atoms with van der Waals surface area (Å²) in [4.78, 5) is 3.74. The van der Waals surface area contributed by atoms with Crippen molar-refractivity contribution in [1.82, 2.24) is 4.98 Å². The van der Waals surface area contributed by atoms with Crippen LogP contribution < -0.4 is 0 Å². The molecular formula is C7H3ClN. The van der Waals surface area contributed by atoms with Crippen LogP contribution >= 0.6 is 11.6 Å². The highest BCUT2D eigenvalue weighted by atomic mass is 35.5. The van der Waals surface area contributed by atoms with Crippen LogP contribution in [0, 0.1) is 12.3 Å². The molecule has 1 nitrogen and oxygen atoms in total. The Morgan fingerprint density at radius 3 is 2.78 bits per heavy atom. The Morgan fingerprint density at radius 2 is 2.33 bits per heavy atom. The van der Waals surface area contributed by atoms with Gasteiger partial charge in [-0.3, -0.25) is 4.98 Å². The van der Waals surface area contributed by atoms with E-state index in [4.69, 9.17) is 18.0 Å².